The van der Waals surface area contributed by atoms with E-state index in [1.54, 1.807) is 6.26 Å². The quantitative estimate of drug-likeness (QED) is 0.199. The number of aryl methyl sites for hydroxylation is 2. The molecule has 39 heavy (non-hydrogen) atoms. The first-order valence-electron chi connectivity index (χ1n) is 13.1. The van der Waals surface area contributed by atoms with E-state index in [1.807, 2.05) is 64.4 Å². The van der Waals surface area contributed by atoms with Gasteiger partial charge in [-0.05, 0) is 61.7 Å². The minimum Gasteiger partial charge on any atom is -0.464 e. The van der Waals surface area contributed by atoms with Crippen molar-refractivity contribution in [1.29, 1.82) is 0 Å². The molecule has 0 spiro atoms. The Labute approximate surface area is 228 Å². The Bertz CT molecular complexity index is 1590. The molecule has 0 unspecified atom stereocenters. The lowest BCUT2D eigenvalue weighted by Gasteiger charge is -2.21. The number of hydrogen-bond acceptors (Lipinski definition) is 8. The van der Waals surface area contributed by atoms with Gasteiger partial charge in [-0.25, -0.2) is 19.9 Å². The number of aliphatic hydroxyl groups is 1. The zero-order valence-corrected chi connectivity index (χ0v) is 23.0. The van der Waals surface area contributed by atoms with Gasteiger partial charge < -0.3 is 20.2 Å². The lowest BCUT2D eigenvalue weighted by molar-refractivity contribution is 0.170. The number of fused-ring (bicyclic) bond motifs is 1. The Kier molecular flexibility index (Phi) is 7.30. The number of aromatic nitrogens is 4. The van der Waals surface area contributed by atoms with Crippen molar-refractivity contribution in [3.8, 4) is 22.4 Å². The van der Waals surface area contributed by atoms with Gasteiger partial charge in [0.25, 0.3) is 0 Å². The minimum atomic E-state index is -0.241. The van der Waals surface area contributed by atoms with Crippen LogP contribution in [-0.2, 0) is 0 Å². The summed E-state index contributed by atoms with van der Waals surface area (Å²) in [5.41, 5.74) is 6.70. The highest BCUT2D eigenvalue weighted by Gasteiger charge is 2.17. The molecular formula is C31H34N6O2. The second-order valence-corrected chi connectivity index (χ2v) is 10.8. The topological polar surface area (TPSA) is 109 Å². The zero-order valence-electron chi connectivity index (χ0n) is 23.0. The Balaban J connectivity index is 1.32. The first kappa shape index (κ1) is 26.3. The van der Waals surface area contributed by atoms with Crippen LogP contribution in [0, 0.1) is 19.3 Å². The Morgan fingerprint density at radius 2 is 1.74 bits per heavy atom. The number of furan rings is 1. The fourth-order valence-corrected chi connectivity index (χ4v) is 4.34. The maximum absolute atomic E-state index is 9.45. The van der Waals surface area contributed by atoms with E-state index in [9.17, 15) is 5.11 Å². The van der Waals surface area contributed by atoms with E-state index in [2.05, 4.69) is 61.8 Å². The molecule has 3 N–H and O–H groups in total. The van der Waals surface area contributed by atoms with E-state index in [-0.39, 0.29) is 18.1 Å². The smallest absolute Gasteiger partial charge is 0.222 e. The Morgan fingerprint density at radius 1 is 0.949 bits per heavy atom. The highest BCUT2D eigenvalue weighted by Crippen LogP contribution is 2.29. The number of hydrogen-bond donors (Lipinski definition) is 3. The van der Waals surface area contributed by atoms with Crippen LogP contribution < -0.4 is 10.6 Å². The maximum atomic E-state index is 9.45. The number of benzene rings is 2. The lowest BCUT2D eigenvalue weighted by atomic mass is 9.95. The summed E-state index contributed by atoms with van der Waals surface area (Å²) < 4.78 is 5.60. The van der Waals surface area contributed by atoms with Crippen molar-refractivity contribution in [3.63, 3.8) is 0 Å². The van der Waals surface area contributed by atoms with Crippen LogP contribution >= 0.6 is 0 Å². The molecule has 0 aliphatic heterocycles. The summed E-state index contributed by atoms with van der Waals surface area (Å²) in [7, 11) is 0. The summed E-state index contributed by atoms with van der Waals surface area (Å²) in [6.07, 6.45) is 5.41. The van der Waals surface area contributed by atoms with Crippen LogP contribution in [-0.4, -0.2) is 38.2 Å². The second kappa shape index (κ2) is 10.8. The van der Waals surface area contributed by atoms with Gasteiger partial charge in [0.05, 0.1) is 12.0 Å². The Morgan fingerprint density at radius 3 is 2.51 bits per heavy atom. The maximum Gasteiger partial charge on any atom is 0.222 e. The molecule has 8 heteroatoms. The van der Waals surface area contributed by atoms with Gasteiger partial charge >= 0.3 is 0 Å². The standard InChI is InChI=1S/C31H34N6O2/c1-19-16-39-28-10-9-24(12-26(19)28)27-13-29(37-21(3)36-27)35-20(2)22-7-6-8-23(11-22)25-14-32-30(33-15-25)34-17-31(4,5)18-38/h6-16,20,38H,17-18H2,1-5H3,(H,32,33,34)(H,35,36,37)/t20-/m0/s1. The monoisotopic (exact) mass is 522 g/mol. The molecule has 5 rings (SSSR count). The van der Waals surface area contributed by atoms with Gasteiger partial charge in [-0.2, -0.15) is 0 Å². The number of nitrogens with zero attached hydrogens (tertiary/aromatic N) is 4. The first-order valence-corrected chi connectivity index (χ1v) is 13.1. The molecule has 2 aromatic carbocycles. The zero-order chi connectivity index (χ0) is 27.6. The molecule has 200 valence electrons. The molecule has 0 saturated carbocycles. The molecule has 0 fully saturated rings. The lowest BCUT2D eigenvalue weighted by Crippen LogP contribution is -2.27. The highest BCUT2D eigenvalue weighted by atomic mass is 16.3. The van der Waals surface area contributed by atoms with Gasteiger partial charge in [0.1, 0.15) is 17.2 Å². The molecular weight excluding hydrogens is 488 g/mol. The number of anilines is 2. The van der Waals surface area contributed by atoms with Crippen LogP contribution in [0.2, 0.25) is 0 Å². The van der Waals surface area contributed by atoms with E-state index in [4.69, 9.17) is 4.42 Å². The largest absolute Gasteiger partial charge is 0.464 e. The summed E-state index contributed by atoms with van der Waals surface area (Å²) in [4.78, 5) is 18.2. The molecule has 0 radical (unpaired) electrons. The van der Waals surface area contributed by atoms with Crippen molar-refractivity contribution in [2.24, 2.45) is 5.41 Å². The number of nitrogens with one attached hydrogen (secondary N) is 2. The summed E-state index contributed by atoms with van der Waals surface area (Å²) in [5, 5.41) is 17.3. The predicted octanol–water partition coefficient (Wildman–Crippen LogP) is 6.57. The van der Waals surface area contributed by atoms with Gasteiger partial charge in [0, 0.05) is 59.6 Å². The van der Waals surface area contributed by atoms with Crippen LogP contribution in [0.15, 0.2) is 71.6 Å². The van der Waals surface area contributed by atoms with Crippen LogP contribution in [0.1, 0.15) is 43.8 Å². The molecule has 3 aromatic heterocycles. The number of rotatable bonds is 9. The third-order valence-corrected chi connectivity index (χ3v) is 6.79. The fourth-order valence-electron chi connectivity index (χ4n) is 4.34. The number of aliphatic hydroxyl groups excluding tert-OH is 1. The fraction of sp³-hybridized carbons (Fsp3) is 0.290. The van der Waals surface area contributed by atoms with Crippen molar-refractivity contribution in [2.75, 3.05) is 23.8 Å². The molecule has 0 bridgehead atoms. The van der Waals surface area contributed by atoms with E-state index < -0.39 is 0 Å². The van der Waals surface area contributed by atoms with Gasteiger partial charge in [-0.3, -0.25) is 0 Å². The third-order valence-electron chi connectivity index (χ3n) is 6.79. The summed E-state index contributed by atoms with van der Waals surface area (Å²) in [6.45, 7) is 10.7. The molecule has 3 heterocycles. The molecule has 0 amide bonds. The average Bonchev–Trinajstić information content (AvgIpc) is 3.32. The van der Waals surface area contributed by atoms with E-state index in [1.165, 1.54) is 0 Å². The summed E-state index contributed by atoms with van der Waals surface area (Å²) in [6, 6.07) is 16.5. The first-order chi connectivity index (χ1) is 18.7. The van der Waals surface area contributed by atoms with Gasteiger partial charge in [0.15, 0.2) is 0 Å². The van der Waals surface area contributed by atoms with E-state index >= 15 is 0 Å². The Hall–Kier alpha value is -4.30. The van der Waals surface area contributed by atoms with Crippen molar-refractivity contribution in [2.45, 2.75) is 40.7 Å². The van der Waals surface area contributed by atoms with Crippen LogP contribution in [0.25, 0.3) is 33.4 Å². The van der Waals surface area contributed by atoms with Crippen molar-refractivity contribution < 1.29 is 9.52 Å². The van der Waals surface area contributed by atoms with Crippen molar-refractivity contribution in [1.82, 2.24) is 19.9 Å². The normalized spacial score (nSPS) is 12.5. The molecule has 0 aliphatic rings. The SMILES string of the molecule is Cc1nc(N[C@@H](C)c2cccc(-c3cnc(NCC(C)(C)CO)nc3)c2)cc(-c2ccc3occ(C)c3c2)n1. The second-order valence-electron chi connectivity index (χ2n) is 10.8. The van der Waals surface area contributed by atoms with Gasteiger partial charge in [-0.1, -0.05) is 32.0 Å². The highest BCUT2D eigenvalue weighted by molar-refractivity contribution is 5.85. The van der Waals surface area contributed by atoms with Crippen LogP contribution in [0.3, 0.4) is 0 Å². The van der Waals surface area contributed by atoms with Crippen molar-refractivity contribution in [3.05, 3.63) is 84.1 Å². The molecule has 0 aliphatic carbocycles. The third kappa shape index (κ3) is 6.07. The van der Waals surface area contributed by atoms with Crippen LogP contribution in [0.4, 0.5) is 11.8 Å². The minimum absolute atomic E-state index is 0.00766. The van der Waals surface area contributed by atoms with Crippen molar-refractivity contribution >= 4 is 22.7 Å². The molecule has 5 aromatic rings. The predicted molar refractivity (Wildman–Crippen MR) is 156 cm³/mol. The van der Waals surface area contributed by atoms with E-state index in [0.717, 1.165) is 50.3 Å². The van der Waals surface area contributed by atoms with Crippen LogP contribution in [0.5, 0.6) is 0 Å². The van der Waals surface area contributed by atoms with Gasteiger partial charge in [-0.15, -0.1) is 0 Å². The summed E-state index contributed by atoms with van der Waals surface area (Å²) in [5.74, 6) is 2.01. The van der Waals surface area contributed by atoms with E-state index in [0.29, 0.717) is 18.3 Å². The average molecular weight is 523 g/mol. The van der Waals surface area contributed by atoms with Gasteiger partial charge in [0.2, 0.25) is 5.95 Å². The molecule has 1 atom stereocenters. The summed E-state index contributed by atoms with van der Waals surface area (Å²) >= 11 is 0. The molecule has 0 saturated heterocycles. The molecule has 8 nitrogen and oxygen atoms in total.